The minimum atomic E-state index is 0.726. The maximum Gasteiger partial charge on any atom is 0.0491 e. The third kappa shape index (κ3) is 1.79. The van der Waals surface area contributed by atoms with E-state index in [0.717, 1.165) is 13.0 Å². The monoisotopic (exact) mass is 226 g/mol. The fourth-order valence-corrected chi connectivity index (χ4v) is 2.86. The van der Waals surface area contributed by atoms with E-state index in [2.05, 4.69) is 35.3 Å². The Morgan fingerprint density at radius 1 is 1.12 bits per heavy atom. The second kappa shape index (κ2) is 4.38. The van der Waals surface area contributed by atoms with Gasteiger partial charge in [0.1, 0.15) is 0 Å². The first-order valence-electron chi connectivity index (χ1n) is 6.38. The Bertz CT molecular complexity index is 511. The molecule has 0 amide bonds. The summed E-state index contributed by atoms with van der Waals surface area (Å²) in [7, 11) is 0. The molecule has 2 heteroatoms. The molecule has 0 atom stereocenters. The van der Waals surface area contributed by atoms with Gasteiger partial charge in [0.15, 0.2) is 0 Å². The van der Waals surface area contributed by atoms with Gasteiger partial charge in [-0.05, 0) is 48.9 Å². The number of benzene rings is 1. The van der Waals surface area contributed by atoms with Crippen LogP contribution in [0.3, 0.4) is 0 Å². The predicted octanol–water partition coefficient (Wildman–Crippen LogP) is 2.67. The van der Waals surface area contributed by atoms with E-state index in [9.17, 15) is 0 Å². The first-order chi connectivity index (χ1) is 8.40. The van der Waals surface area contributed by atoms with Crippen LogP contribution in [0.5, 0.6) is 0 Å². The summed E-state index contributed by atoms with van der Waals surface area (Å²) in [4.78, 5) is 3.61. The van der Waals surface area contributed by atoms with Gasteiger partial charge in [-0.1, -0.05) is 30.3 Å². The third-order valence-electron chi connectivity index (χ3n) is 3.62. The van der Waals surface area contributed by atoms with Gasteiger partial charge in [0.2, 0.25) is 0 Å². The molecule has 0 aliphatic heterocycles. The van der Waals surface area contributed by atoms with Crippen molar-refractivity contribution in [2.24, 2.45) is 5.73 Å². The van der Waals surface area contributed by atoms with E-state index in [-0.39, 0.29) is 0 Å². The van der Waals surface area contributed by atoms with E-state index in [0.29, 0.717) is 0 Å². The van der Waals surface area contributed by atoms with E-state index in [1.807, 2.05) is 0 Å². The van der Waals surface area contributed by atoms with Gasteiger partial charge in [-0.2, -0.15) is 0 Å². The van der Waals surface area contributed by atoms with E-state index in [1.54, 1.807) is 0 Å². The summed E-state index contributed by atoms with van der Waals surface area (Å²) >= 11 is 0. The predicted molar refractivity (Wildman–Crippen MR) is 71.0 cm³/mol. The zero-order chi connectivity index (χ0) is 11.7. The van der Waals surface area contributed by atoms with Gasteiger partial charge in [0.25, 0.3) is 0 Å². The standard InChI is InChI=1S/C15H18N2/c16-10-9-13-12-7-4-8-14(12)17-15(13)11-5-2-1-3-6-11/h1-3,5-6,17H,4,7-10,16H2. The van der Waals surface area contributed by atoms with Crippen LogP contribution in [0, 0.1) is 0 Å². The fourth-order valence-electron chi connectivity index (χ4n) is 2.86. The lowest BCUT2D eigenvalue weighted by Crippen LogP contribution is -2.04. The molecule has 1 heterocycles. The molecule has 0 radical (unpaired) electrons. The lowest BCUT2D eigenvalue weighted by Gasteiger charge is -2.05. The summed E-state index contributed by atoms with van der Waals surface area (Å²) in [5.74, 6) is 0. The fraction of sp³-hybridized carbons (Fsp3) is 0.333. The normalized spacial score (nSPS) is 13.9. The van der Waals surface area contributed by atoms with Crippen LogP contribution < -0.4 is 5.73 Å². The van der Waals surface area contributed by atoms with Crippen molar-refractivity contribution in [1.29, 1.82) is 0 Å². The summed E-state index contributed by atoms with van der Waals surface area (Å²) in [5.41, 5.74) is 12.7. The molecule has 1 aromatic carbocycles. The van der Waals surface area contributed by atoms with Gasteiger partial charge in [-0.3, -0.25) is 0 Å². The highest BCUT2D eigenvalue weighted by Gasteiger charge is 2.21. The number of hydrogen-bond donors (Lipinski definition) is 2. The Balaban J connectivity index is 2.11. The number of H-pyrrole nitrogens is 1. The zero-order valence-electron chi connectivity index (χ0n) is 10.00. The van der Waals surface area contributed by atoms with E-state index in [1.165, 1.54) is 47.3 Å². The highest BCUT2D eigenvalue weighted by Crippen LogP contribution is 2.33. The van der Waals surface area contributed by atoms with Gasteiger partial charge in [0.05, 0.1) is 0 Å². The molecule has 1 aliphatic carbocycles. The van der Waals surface area contributed by atoms with Crippen molar-refractivity contribution in [1.82, 2.24) is 4.98 Å². The highest BCUT2D eigenvalue weighted by molar-refractivity contribution is 5.67. The van der Waals surface area contributed by atoms with Crippen LogP contribution in [0.15, 0.2) is 30.3 Å². The van der Waals surface area contributed by atoms with Crippen LogP contribution in [0.4, 0.5) is 0 Å². The van der Waals surface area contributed by atoms with E-state index < -0.39 is 0 Å². The molecule has 0 unspecified atom stereocenters. The summed E-state index contributed by atoms with van der Waals surface area (Å²) in [6.07, 6.45) is 4.68. The average molecular weight is 226 g/mol. The number of nitrogens with one attached hydrogen (secondary N) is 1. The molecule has 17 heavy (non-hydrogen) atoms. The summed E-state index contributed by atoms with van der Waals surface area (Å²) in [5, 5.41) is 0. The maximum atomic E-state index is 5.75. The minimum Gasteiger partial charge on any atom is -0.358 e. The molecule has 0 saturated heterocycles. The summed E-state index contributed by atoms with van der Waals surface area (Å²) < 4.78 is 0. The van der Waals surface area contributed by atoms with Crippen molar-refractivity contribution < 1.29 is 0 Å². The second-order valence-corrected chi connectivity index (χ2v) is 4.69. The Hall–Kier alpha value is -1.54. The quantitative estimate of drug-likeness (QED) is 0.830. The molecule has 2 nitrogen and oxygen atoms in total. The summed E-state index contributed by atoms with van der Waals surface area (Å²) in [6.45, 7) is 0.726. The van der Waals surface area contributed by atoms with Gasteiger partial charge >= 0.3 is 0 Å². The molecular formula is C15H18N2. The molecule has 0 spiro atoms. The number of aryl methyl sites for hydroxylation is 1. The van der Waals surface area contributed by atoms with Gasteiger partial charge < -0.3 is 10.7 Å². The third-order valence-corrected chi connectivity index (χ3v) is 3.62. The highest BCUT2D eigenvalue weighted by atomic mass is 14.8. The molecule has 0 bridgehead atoms. The molecule has 0 fully saturated rings. The molecule has 3 N–H and O–H groups in total. The number of rotatable bonds is 3. The molecule has 0 saturated carbocycles. The first kappa shape index (κ1) is 10.6. The topological polar surface area (TPSA) is 41.8 Å². The van der Waals surface area contributed by atoms with E-state index >= 15 is 0 Å². The summed E-state index contributed by atoms with van der Waals surface area (Å²) in [6, 6.07) is 10.6. The van der Waals surface area contributed by atoms with Gasteiger partial charge in [0, 0.05) is 11.4 Å². The number of fused-ring (bicyclic) bond motifs is 1. The molecular weight excluding hydrogens is 208 g/mol. The van der Waals surface area contributed by atoms with Crippen LogP contribution in [0.1, 0.15) is 23.2 Å². The van der Waals surface area contributed by atoms with Gasteiger partial charge in [-0.25, -0.2) is 0 Å². The second-order valence-electron chi connectivity index (χ2n) is 4.69. The number of aromatic amines is 1. The first-order valence-corrected chi connectivity index (χ1v) is 6.38. The Morgan fingerprint density at radius 3 is 2.71 bits per heavy atom. The number of aromatic nitrogens is 1. The smallest absolute Gasteiger partial charge is 0.0491 e. The van der Waals surface area contributed by atoms with Crippen molar-refractivity contribution in [3.8, 4) is 11.3 Å². The molecule has 2 aromatic rings. The minimum absolute atomic E-state index is 0.726. The SMILES string of the molecule is NCCc1c(-c2ccccc2)[nH]c2c1CCC2. The number of hydrogen-bond acceptors (Lipinski definition) is 1. The van der Waals surface area contributed by atoms with Crippen LogP contribution in [0.25, 0.3) is 11.3 Å². The molecule has 1 aromatic heterocycles. The Labute approximate surface area is 102 Å². The van der Waals surface area contributed by atoms with Crippen LogP contribution in [-0.2, 0) is 19.3 Å². The maximum absolute atomic E-state index is 5.75. The molecule has 88 valence electrons. The lowest BCUT2D eigenvalue weighted by atomic mass is 10.0. The van der Waals surface area contributed by atoms with Crippen LogP contribution in [-0.4, -0.2) is 11.5 Å². The zero-order valence-corrected chi connectivity index (χ0v) is 10.00. The Morgan fingerprint density at radius 2 is 1.94 bits per heavy atom. The van der Waals surface area contributed by atoms with Gasteiger partial charge in [-0.15, -0.1) is 0 Å². The number of nitrogens with two attached hydrogens (primary N) is 1. The van der Waals surface area contributed by atoms with Crippen molar-refractivity contribution in [2.45, 2.75) is 25.7 Å². The van der Waals surface area contributed by atoms with Crippen molar-refractivity contribution in [2.75, 3.05) is 6.54 Å². The van der Waals surface area contributed by atoms with Crippen molar-refractivity contribution in [3.63, 3.8) is 0 Å². The Kier molecular flexibility index (Phi) is 2.73. The van der Waals surface area contributed by atoms with Crippen molar-refractivity contribution >= 4 is 0 Å². The van der Waals surface area contributed by atoms with Crippen LogP contribution >= 0.6 is 0 Å². The molecule has 1 aliphatic rings. The molecule has 3 rings (SSSR count). The lowest BCUT2D eigenvalue weighted by molar-refractivity contribution is 0.877. The van der Waals surface area contributed by atoms with Crippen molar-refractivity contribution in [3.05, 3.63) is 47.2 Å². The average Bonchev–Trinajstić information content (AvgIpc) is 2.93. The largest absolute Gasteiger partial charge is 0.358 e. The van der Waals surface area contributed by atoms with E-state index in [4.69, 9.17) is 5.73 Å². The van der Waals surface area contributed by atoms with Crippen LogP contribution in [0.2, 0.25) is 0 Å².